The van der Waals surface area contributed by atoms with E-state index in [2.05, 4.69) is 22.2 Å². The normalized spacial score (nSPS) is 11.4. The Bertz CT molecular complexity index is 475. The number of aliphatic imine (C=N–C) groups is 1. The molecule has 1 rings (SSSR count). The zero-order valence-corrected chi connectivity index (χ0v) is 14.4. The Hall–Kier alpha value is -1.45. The Morgan fingerprint density at radius 3 is 2.41 bits per heavy atom. The van der Waals surface area contributed by atoms with Crippen LogP contribution >= 0.6 is 24.0 Å². The number of ether oxygens (including phenoxy) is 1. The van der Waals surface area contributed by atoms with Crippen molar-refractivity contribution in [3.05, 3.63) is 42.5 Å². The van der Waals surface area contributed by atoms with Crippen molar-refractivity contribution in [2.45, 2.75) is 6.18 Å². The fourth-order valence-corrected chi connectivity index (χ4v) is 1.47. The highest BCUT2D eigenvalue weighted by atomic mass is 127. The molecule has 124 valence electrons. The van der Waals surface area contributed by atoms with Crippen LogP contribution in [0.15, 0.2) is 41.9 Å². The molecule has 8 heteroatoms. The molecule has 0 aliphatic carbocycles. The van der Waals surface area contributed by atoms with Gasteiger partial charge in [0.15, 0.2) is 5.96 Å². The van der Waals surface area contributed by atoms with Crippen molar-refractivity contribution >= 4 is 29.9 Å². The van der Waals surface area contributed by atoms with Gasteiger partial charge >= 0.3 is 6.18 Å². The van der Waals surface area contributed by atoms with E-state index in [-0.39, 0.29) is 24.0 Å². The molecule has 1 aromatic rings. The summed E-state index contributed by atoms with van der Waals surface area (Å²) in [5, 5.41) is 5.98. The minimum absolute atomic E-state index is 0. The van der Waals surface area contributed by atoms with E-state index in [1.54, 1.807) is 13.1 Å². The molecule has 1 aromatic carbocycles. The molecule has 0 amide bonds. The van der Waals surface area contributed by atoms with Crippen LogP contribution in [0.5, 0.6) is 5.75 Å². The molecule has 0 aliphatic heterocycles. The van der Waals surface area contributed by atoms with E-state index in [0.29, 0.717) is 31.4 Å². The Labute approximate surface area is 144 Å². The molecule has 0 atom stereocenters. The number of guanidine groups is 1. The van der Waals surface area contributed by atoms with Crippen molar-refractivity contribution in [3.63, 3.8) is 0 Å². The second-order valence-electron chi connectivity index (χ2n) is 4.04. The van der Waals surface area contributed by atoms with Crippen LogP contribution in [0, 0.1) is 0 Å². The SMILES string of the molecule is C=CCNC(=NC)NCCOc1ccc(C(F)(F)F)cc1.I. The summed E-state index contributed by atoms with van der Waals surface area (Å²) in [4.78, 5) is 3.97. The molecule has 4 nitrogen and oxygen atoms in total. The van der Waals surface area contributed by atoms with Gasteiger partial charge < -0.3 is 15.4 Å². The quantitative estimate of drug-likeness (QED) is 0.240. The second-order valence-corrected chi connectivity index (χ2v) is 4.04. The van der Waals surface area contributed by atoms with Crippen LogP contribution in [0.25, 0.3) is 0 Å². The van der Waals surface area contributed by atoms with Crippen LogP contribution in [0.4, 0.5) is 13.2 Å². The third-order valence-corrected chi connectivity index (χ3v) is 2.48. The summed E-state index contributed by atoms with van der Waals surface area (Å²) < 4.78 is 42.5. The molecule has 0 unspecified atom stereocenters. The Morgan fingerprint density at radius 1 is 1.27 bits per heavy atom. The first-order valence-electron chi connectivity index (χ1n) is 6.33. The first-order valence-corrected chi connectivity index (χ1v) is 6.33. The number of benzene rings is 1. The fraction of sp³-hybridized carbons (Fsp3) is 0.357. The zero-order valence-electron chi connectivity index (χ0n) is 12.1. The Balaban J connectivity index is 0.00000441. The highest BCUT2D eigenvalue weighted by Gasteiger charge is 2.29. The van der Waals surface area contributed by atoms with Crippen molar-refractivity contribution in [3.8, 4) is 5.75 Å². The van der Waals surface area contributed by atoms with Gasteiger partial charge in [-0.05, 0) is 24.3 Å². The molecule has 0 bridgehead atoms. The van der Waals surface area contributed by atoms with E-state index in [9.17, 15) is 13.2 Å². The predicted molar refractivity (Wildman–Crippen MR) is 91.9 cm³/mol. The number of rotatable bonds is 6. The first kappa shape index (κ1) is 20.6. The summed E-state index contributed by atoms with van der Waals surface area (Å²) in [5.41, 5.74) is -0.693. The van der Waals surface area contributed by atoms with Crippen molar-refractivity contribution in [1.29, 1.82) is 0 Å². The van der Waals surface area contributed by atoms with Crippen LogP contribution < -0.4 is 15.4 Å². The van der Waals surface area contributed by atoms with Gasteiger partial charge in [-0.1, -0.05) is 6.08 Å². The summed E-state index contributed by atoms with van der Waals surface area (Å²) in [7, 11) is 1.63. The van der Waals surface area contributed by atoms with Crippen molar-refractivity contribution < 1.29 is 17.9 Å². The summed E-state index contributed by atoms with van der Waals surface area (Å²) in [5.74, 6) is 0.991. The number of nitrogens with one attached hydrogen (secondary N) is 2. The van der Waals surface area contributed by atoms with E-state index < -0.39 is 11.7 Å². The molecule has 2 N–H and O–H groups in total. The maximum Gasteiger partial charge on any atom is 0.416 e. The molecule has 0 fully saturated rings. The maximum atomic E-state index is 12.4. The Kier molecular flexibility index (Phi) is 9.63. The van der Waals surface area contributed by atoms with Crippen LogP contribution in [0.3, 0.4) is 0 Å². The lowest BCUT2D eigenvalue weighted by Crippen LogP contribution is -2.39. The van der Waals surface area contributed by atoms with Gasteiger partial charge in [-0.2, -0.15) is 13.2 Å². The van der Waals surface area contributed by atoms with Crippen LogP contribution in [-0.4, -0.2) is 32.7 Å². The van der Waals surface area contributed by atoms with Gasteiger partial charge in [-0.3, -0.25) is 4.99 Å². The van der Waals surface area contributed by atoms with Crippen molar-refractivity contribution in [1.82, 2.24) is 10.6 Å². The molecule has 0 radical (unpaired) electrons. The van der Waals surface area contributed by atoms with Gasteiger partial charge in [-0.25, -0.2) is 0 Å². The van der Waals surface area contributed by atoms with Gasteiger partial charge in [0.1, 0.15) is 12.4 Å². The monoisotopic (exact) mass is 429 g/mol. The molecule has 0 aliphatic rings. The van der Waals surface area contributed by atoms with E-state index in [0.717, 1.165) is 12.1 Å². The lowest BCUT2D eigenvalue weighted by molar-refractivity contribution is -0.137. The maximum absolute atomic E-state index is 12.4. The molecular weight excluding hydrogens is 410 g/mol. The van der Waals surface area contributed by atoms with E-state index in [1.165, 1.54) is 12.1 Å². The average molecular weight is 429 g/mol. The highest BCUT2D eigenvalue weighted by molar-refractivity contribution is 14.0. The highest BCUT2D eigenvalue weighted by Crippen LogP contribution is 2.30. The second kappa shape index (κ2) is 10.3. The summed E-state index contributed by atoms with van der Waals surface area (Å²) in [6.45, 7) is 4.94. The molecule has 22 heavy (non-hydrogen) atoms. The predicted octanol–water partition coefficient (Wildman–Crippen LogP) is 3.05. The van der Waals surface area contributed by atoms with Gasteiger partial charge in [0.2, 0.25) is 0 Å². The number of nitrogens with zero attached hydrogens (tertiary/aromatic N) is 1. The summed E-state index contributed by atoms with van der Waals surface area (Å²) in [6, 6.07) is 4.59. The van der Waals surface area contributed by atoms with Crippen molar-refractivity contribution in [2.75, 3.05) is 26.7 Å². The number of hydrogen-bond donors (Lipinski definition) is 2. The van der Waals surface area contributed by atoms with Gasteiger partial charge in [0.25, 0.3) is 0 Å². The van der Waals surface area contributed by atoms with Gasteiger partial charge in [0.05, 0.1) is 12.1 Å². The fourth-order valence-electron chi connectivity index (χ4n) is 1.47. The standard InChI is InChI=1S/C14H18F3N3O.HI/c1-3-8-19-13(18-2)20-9-10-21-12-6-4-11(5-7-12)14(15,16)17;/h3-7H,1,8-10H2,2H3,(H2,18,19,20);1H. The van der Waals surface area contributed by atoms with Gasteiger partial charge in [0, 0.05) is 13.6 Å². The number of alkyl halides is 3. The lowest BCUT2D eigenvalue weighted by atomic mass is 10.2. The molecule has 0 aromatic heterocycles. The first-order chi connectivity index (χ1) is 9.97. The molecule has 0 saturated carbocycles. The smallest absolute Gasteiger partial charge is 0.416 e. The minimum atomic E-state index is -4.33. The minimum Gasteiger partial charge on any atom is -0.492 e. The van der Waals surface area contributed by atoms with Crippen LogP contribution in [0.1, 0.15) is 5.56 Å². The summed E-state index contributed by atoms with van der Waals surface area (Å²) >= 11 is 0. The molecule has 0 spiro atoms. The van der Waals surface area contributed by atoms with Gasteiger partial charge in [-0.15, -0.1) is 30.6 Å². The molecule has 0 saturated heterocycles. The van der Waals surface area contributed by atoms with Crippen LogP contribution in [0.2, 0.25) is 0 Å². The zero-order chi connectivity index (χ0) is 15.7. The number of halogens is 4. The van der Waals surface area contributed by atoms with E-state index >= 15 is 0 Å². The molecular formula is C14H19F3IN3O. The van der Waals surface area contributed by atoms with E-state index in [4.69, 9.17) is 4.74 Å². The Morgan fingerprint density at radius 2 is 1.91 bits per heavy atom. The largest absolute Gasteiger partial charge is 0.492 e. The average Bonchev–Trinajstić information content (AvgIpc) is 2.46. The molecule has 0 heterocycles. The third kappa shape index (κ3) is 7.53. The van der Waals surface area contributed by atoms with Crippen molar-refractivity contribution in [2.24, 2.45) is 4.99 Å². The topological polar surface area (TPSA) is 45.7 Å². The van der Waals surface area contributed by atoms with E-state index in [1.807, 2.05) is 0 Å². The number of hydrogen-bond acceptors (Lipinski definition) is 2. The third-order valence-electron chi connectivity index (χ3n) is 2.48. The van der Waals surface area contributed by atoms with Crippen LogP contribution in [-0.2, 0) is 6.18 Å². The lowest BCUT2D eigenvalue weighted by Gasteiger charge is -2.12. The summed E-state index contributed by atoms with van der Waals surface area (Å²) in [6.07, 6.45) is -2.63.